The lowest BCUT2D eigenvalue weighted by atomic mass is 10.3. The summed E-state index contributed by atoms with van der Waals surface area (Å²) in [5.41, 5.74) is 0. The van der Waals surface area contributed by atoms with Gasteiger partial charge in [0.05, 0.1) is 18.6 Å². The third-order valence-corrected chi connectivity index (χ3v) is 3.66. The Balaban J connectivity index is 2.70. The number of rotatable bonds is 7. The number of nitrogens with one attached hydrogen (secondary N) is 1. The number of methoxy groups -OCH3 is 1. The molecule has 0 saturated heterocycles. The molecule has 106 valence electrons. The molecular weight excluding hydrogens is 270 g/mol. The summed E-state index contributed by atoms with van der Waals surface area (Å²) >= 11 is 0. The molecule has 1 N–H and O–H groups in total. The topological polar surface area (TPSA) is 81.7 Å². The van der Waals surface area contributed by atoms with E-state index in [2.05, 4.69) is 9.46 Å². The second-order valence-electron chi connectivity index (χ2n) is 3.72. The van der Waals surface area contributed by atoms with E-state index in [1.54, 1.807) is 12.1 Å². The number of esters is 1. The number of hydrogen-bond acceptors (Lipinski definition) is 5. The molecule has 0 radical (unpaired) electrons. The highest BCUT2D eigenvalue weighted by atomic mass is 32.2. The number of sulfonamides is 1. The monoisotopic (exact) mass is 287 g/mol. The van der Waals surface area contributed by atoms with E-state index in [0.717, 1.165) is 6.42 Å². The Kier molecular flexibility index (Phi) is 5.78. The Morgan fingerprint density at radius 3 is 2.42 bits per heavy atom. The number of hydrogen-bond donors (Lipinski definition) is 1. The fourth-order valence-corrected chi connectivity index (χ4v) is 2.21. The zero-order chi connectivity index (χ0) is 14.3. The Morgan fingerprint density at radius 2 is 1.89 bits per heavy atom. The minimum atomic E-state index is -3.71. The standard InChI is InChI=1S/C12H17NO5S/c1-3-8-18-10-4-6-11(7-5-10)19(15,16)13-9-12(14)17-2/h4-7,13H,3,8-9H2,1-2H3. The molecular formula is C12H17NO5S. The number of benzene rings is 1. The summed E-state index contributed by atoms with van der Waals surface area (Å²) in [5, 5.41) is 0. The minimum Gasteiger partial charge on any atom is -0.494 e. The normalized spacial score (nSPS) is 11.1. The van der Waals surface area contributed by atoms with Crippen molar-refractivity contribution >= 4 is 16.0 Å². The van der Waals surface area contributed by atoms with Crippen molar-refractivity contribution in [1.82, 2.24) is 4.72 Å². The van der Waals surface area contributed by atoms with Crippen LogP contribution in [0.2, 0.25) is 0 Å². The first kappa shape index (κ1) is 15.5. The first-order chi connectivity index (χ1) is 8.99. The van der Waals surface area contributed by atoms with E-state index in [-0.39, 0.29) is 4.90 Å². The summed E-state index contributed by atoms with van der Waals surface area (Å²) in [6, 6.07) is 5.99. The van der Waals surface area contributed by atoms with Gasteiger partial charge in [-0.25, -0.2) is 8.42 Å². The molecule has 0 aromatic heterocycles. The van der Waals surface area contributed by atoms with Crippen molar-refractivity contribution in [1.29, 1.82) is 0 Å². The molecule has 0 heterocycles. The third kappa shape index (κ3) is 4.88. The van der Waals surface area contributed by atoms with Crippen LogP contribution in [0.1, 0.15) is 13.3 Å². The van der Waals surface area contributed by atoms with Crippen molar-refractivity contribution < 1.29 is 22.7 Å². The van der Waals surface area contributed by atoms with Crippen LogP contribution in [0.5, 0.6) is 5.75 Å². The molecule has 7 heteroatoms. The van der Waals surface area contributed by atoms with Gasteiger partial charge in [-0.05, 0) is 30.7 Å². The van der Waals surface area contributed by atoms with Gasteiger partial charge in [-0.2, -0.15) is 4.72 Å². The second-order valence-corrected chi connectivity index (χ2v) is 5.49. The summed E-state index contributed by atoms with van der Waals surface area (Å²) in [4.78, 5) is 11.0. The van der Waals surface area contributed by atoms with Gasteiger partial charge in [-0.15, -0.1) is 0 Å². The summed E-state index contributed by atoms with van der Waals surface area (Å²) < 4.78 is 35.5. The molecule has 19 heavy (non-hydrogen) atoms. The maximum Gasteiger partial charge on any atom is 0.320 e. The molecule has 0 amide bonds. The van der Waals surface area contributed by atoms with Gasteiger partial charge in [-0.1, -0.05) is 6.92 Å². The summed E-state index contributed by atoms with van der Waals surface area (Å²) in [6.45, 7) is 2.16. The molecule has 1 rings (SSSR count). The van der Waals surface area contributed by atoms with Gasteiger partial charge in [0.2, 0.25) is 10.0 Å². The lowest BCUT2D eigenvalue weighted by Crippen LogP contribution is -2.30. The molecule has 0 aliphatic rings. The highest BCUT2D eigenvalue weighted by Crippen LogP contribution is 2.15. The average molecular weight is 287 g/mol. The molecule has 0 fully saturated rings. The van der Waals surface area contributed by atoms with Gasteiger partial charge in [0, 0.05) is 0 Å². The quantitative estimate of drug-likeness (QED) is 0.754. The van der Waals surface area contributed by atoms with Crippen LogP contribution in [0.15, 0.2) is 29.2 Å². The van der Waals surface area contributed by atoms with Gasteiger partial charge in [-0.3, -0.25) is 4.79 Å². The number of carbonyl (C=O) groups is 1. The summed E-state index contributed by atoms with van der Waals surface area (Å²) in [6.07, 6.45) is 0.876. The average Bonchev–Trinajstić information content (AvgIpc) is 2.43. The van der Waals surface area contributed by atoms with Crippen molar-refractivity contribution in [2.75, 3.05) is 20.3 Å². The Labute approximate surface area is 112 Å². The van der Waals surface area contributed by atoms with Gasteiger partial charge < -0.3 is 9.47 Å². The van der Waals surface area contributed by atoms with Gasteiger partial charge >= 0.3 is 5.97 Å². The maximum atomic E-state index is 11.8. The van der Waals surface area contributed by atoms with Crippen molar-refractivity contribution in [3.8, 4) is 5.75 Å². The van der Waals surface area contributed by atoms with E-state index in [4.69, 9.17) is 4.74 Å². The smallest absolute Gasteiger partial charge is 0.320 e. The minimum absolute atomic E-state index is 0.0697. The van der Waals surface area contributed by atoms with Crippen molar-refractivity contribution in [3.63, 3.8) is 0 Å². The molecule has 0 aliphatic heterocycles. The predicted octanol–water partition coefficient (Wildman–Crippen LogP) is 0.927. The number of carbonyl (C=O) groups excluding carboxylic acids is 1. The third-order valence-electron chi connectivity index (χ3n) is 2.24. The lowest BCUT2D eigenvalue weighted by molar-refractivity contribution is -0.139. The molecule has 0 unspecified atom stereocenters. The van der Waals surface area contributed by atoms with E-state index < -0.39 is 22.5 Å². The zero-order valence-electron chi connectivity index (χ0n) is 10.9. The molecule has 0 bridgehead atoms. The van der Waals surface area contributed by atoms with Crippen LogP contribution in [0, 0.1) is 0 Å². The Hall–Kier alpha value is -1.60. The van der Waals surface area contributed by atoms with Crippen molar-refractivity contribution in [2.24, 2.45) is 0 Å². The highest BCUT2D eigenvalue weighted by molar-refractivity contribution is 7.89. The van der Waals surface area contributed by atoms with Crippen LogP contribution in [-0.4, -0.2) is 34.6 Å². The van der Waals surface area contributed by atoms with E-state index in [9.17, 15) is 13.2 Å². The first-order valence-corrected chi connectivity index (χ1v) is 7.27. The number of ether oxygens (including phenoxy) is 2. The van der Waals surface area contributed by atoms with Crippen LogP contribution in [0.25, 0.3) is 0 Å². The van der Waals surface area contributed by atoms with E-state index in [0.29, 0.717) is 12.4 Å². The molecule has 0 saturated carbocycles. The van der Waals surface area contributed by atoms with Crippen LogP contribution >= 0.6 is 0 Å². The van der Waals surface area contributed by atoms with Crippen LogP contribution in [-0.2, 0) is 19.6 Å². The molecule has 6 nitrogen and oxygen atoms in total. The molecule has 0 spiro atoms. The lowest BCUT2D eigenvalue weighted by Gasteiger charge is -2.07. The van der Waals surface area contributed by atoms with Crippen LogP contribution in [0.4, 0.5) is 0 Å². The van der Waals surface area contributed by atoms with Crippen LogP contribution in [0.3, 0.4) is 0 Å². The highest BCUT2D eigenvalue weighted by Gasteiger charge is 2.15. The van der Waals surface area contributed by atoms with Crippen molar-refractivity contribution in [3.05, 3.63) is 24.3 Å². The molecule has 1 aromatic carbocycles. The largest absolute Gasteiger partial charge is 0.494 e. The Morgan fingerprint density at radius 1 is 1.26 bits per heavy atom. The summed E-state index contributed by atoms with van der Waals surface area (Å²) in [7, 11) is -2.52. The Bertz CT molecular complexity index is 509. The zero-order valence-corrected chi connectivity index (χ0v) is 11.7. The second kappa shape index (κ2) is 7.10. The molecule has 1 aromatic rings. The van der Waals surface area contributed by atoms with Gasteiger partial charge in [0.15, 0.2) is 0 Å². The predicted molar refractivity (Wildman–Crippen MR) is 69.4 cm³/mol. The fraction of sp³-hybridized carbons (Fsp3) is 0.417. The SMILES string of the molecule is CCCOc1ccc(S(=O)(=O)NCC(=O)OC)cc1. The maximum absolute atomic E-state index is 11.8. The van der Waals surface area contributed by atoms with Crippen LogP contribution < -0.4 is 9.46 Å². The van der Waals surface area contributed by atoms with E-state index in [1.807, 2.05) is 6.92 Å². The van der Waals surface area contributed by atoms with Gasteiger partial charge in [0.1, 0.15) is 12.3 Å². The first-order valence-electron chi connectivity index (χ1n) is 5.79. The van der Waals surface area contributed by atoms with E-state index >= 15 is 0 Å². The van der Waals surface area contributed by atoms with E-state index in [1.165, 1.54) is 19.2 Å². The fourth-order valence-electron chi connectivity index (χ4n) is 1.24. The molecule has 0 atom stereocenters. The van der Waals surface area contributed by atoms with Crippen molar-refractivity contribution in [2.45, 2.75) is 18.2 Å². The van der Waals surface area contributed by atoms with Gasteiger partial charge in [0.25, 0.3) is 0 Å². The molecule has 0 aliphatic carbocycles. The summed E-state index contributed by atoms with van der Waals surface area (Å²) in [5.74, 6) is -0.0414.